The lowest BCUT2D eigenvalue weighted by atomic mass is 9.80. The zero-order chi connectivity index (χ0) is 17.7. The quantitative estimate of drug-likeness (QED) is 0.803. The van der Waals surface area contributed by atoms with Gasteiger partial charge in [0.05, 0.1) is 14.2 Å². The fourth-order valence-corrected chi connectivity index (χ4v) is 3.15. The third kappa shape index (κ3) is 3.40. The molecular formula is C21H27NO2. The first kappa shape index (κ1) is 17.9. The van der Waals surface area contributed by atoms with E-state index in [4.69, 9.17) is 15.2 Å². The Bertz CT molecular complexity index is 735. The van der Waals surface area contributed by atoms with Crippen LogP contribution < -0.4 is 15.2 Å². The van der Waals surface area contributed by atoms with Crippen molar-refractivity contribution in [1.29, 1.82) is 0 Å². The predicted molar refractivity (Wildman–Crippen MR) is 102 cm³/mol. The Kier molecular flexibility index (Phi) is 5.91. The Labute approximate surface area is 145 Å². The van der Waals surface area contributed by atoms with Gasteiger partial charge in [-0.2, -0.15) is 0 Å². The number of anilines is 1. The summed E-state index contributed by atoms with van der Waals surface area (Å²) in [6.45, 7) is 6.22. The van der Waals surface area contributed by atoms with E-state index in [1.165, 1.54) is 16.7 Å². The number of fused-ring (bicyclic) bond motifs is 1. The standard InChI is InChI=1S/C19H21NO2.C2H6/c1-12-16-8-5-14(21-2)10-13(16)4-7-17(12)18-9-6-15(22-3)11-19(18)20;1-2/h5-12H,4,20H2,1-3H3;1-2H3. The first-order valence-electron chi connectivity index (χ1n) is 8.44. The van der Waals surface area contributed by atoms with Crippen LogP contribution in [0.4, 0.5) is 5.69 Å². The van der Waals surface area contributed by atoms with E-state index >= 15 is 0 Å². The van der Waals surface area contributed by atoms with Crippen molar-refractivity contribution < 1.29 is 9.47 Å². The van der Waals surface area contributed by atoms with Gasteiger partial charge in [-0.05, 0) is 47.4 Å². The molecule has 0 heterocycles. The summed E-state index contributed by atoms with van der Waals surface area (Å²) in [4.78, 5) is 0. The van der Waals surface area contributed by atoms with Gasteiger partial charge in [-0.25, -0.2) is 0 Å². The molecule has 0 bridgehead atoms. The Morgan fingerprint density at radius 3 is 2.21 bits per heavy atom. The fourth-order valence-electron chi connectivity index (χ4n) is 3.15. The summed E-state index contributed by atoms with van der Waals surface area (Å²) in [6.07, 6.45) is 3.17. The van der Waals surface area contributed by atoms with Crippen LogP contribution in [0.2, 0.25) is 0 Å². The molecule has 0 spiro atoms. The first-order chi connectivity index (χ1) is 11.6. The van der Waals surface area contributed by atoms with Crippen molar-refractivity contribution in [2.75, 3.05) is 20.0 Å². The SMILES string of the molecule is CC.COc1ccc(C2=CCc3cc(OC)ccc3C2C)c(N)c1. The maximum absolute atomic E-state index is 6.21. The van der Waals surface area contributed by atoms with Crippen LogP contribution in [0.5, 0.6) is 11.5 Å². The summed E-state index contributed by atoms with van der Waals surface area (Å²) in [7, 11) is 3.36. The molecule has 0 radical (unpaired) electrons. The van der Waals surface area contributed by atoms with E-state index in [2.05, 4.69) is 25.1 Å². The van der Waals surface area contributed by atoms with Crippen LogP contribution in [0.3, 0.4) is 0 Å². The van der Waals surface area contributed by atoms with E-state index in [1.54, 1.807) is 14.2 Å². The van der Waals surface area contributed by atoms with Gasteiger partial charge in [0, 0.05) is 23.2 Å². The van der Waals surface area contributed by atoms with Crippen molar-refractivity contribution in [3.8, 4) is 11.5 Å². The molecule has 0 saturated carbocycles. The largest absolute Gasteiger partial charge is 0.497 e. The van der Waals surface area contributed by atoms with Crippen LogP contribution in [-0.4, -0.2) is 14.2 Å². The molecule has 128 valence electrons. The van der Waals surface area contributed by atoms with Crippen molar-refractivity contribution in [1.82, 2.24) is 0 Å². The second kappa shape index (κ2) is 7.91. The third-order valence-corrected chi connectivity index (χ3v) is 4.39. The van der Waals surface area contributed by atoms with E-state index < -0.39 is 0 Å². The molecule has 1 aliphatic carbocycles. The first-order valence-corrected chi connectivity index (χ1v) is 8.44. The summed E-state index contributed by atoms with van der Waals surface area (Å²) in [5.74, 6) is 2.01. The number of rotatable bonds is 3. The van der Waals surface area contributed by atoms with Gasteiger partial charge in [0.25, 0.3) is 0 Å². The summed E-state index contributed by atoms with van der Waals surface area (Å²) < 4.78 is 10.5. The molecule has 3 nitrogen and oxygen atoms in total. The van der Waals surface area contributed by atoms with E-state index in [-0.39, 0.29) is 0 Å². The third-order valence-electron chi connectivity index (χ3n) is 4.39. The van der Waals surface area contributed by atoms with Gasteiger partial charge < -0.3 is 15.2 Å². The van der Waals surface area contributed by atoms with Crippen LogP contribution in [0.1, 0.15) is 43.4 Å². The van der Waals surface area contributed by atoms with Crippen molar-refractivity contribution in [2.45, 2.75) is 33.1 Å². The molecule has 2 aromatic rings. The van der Waals surface area contributed by atoms with Gasteiger partial charge in [-0.15, -0.1) is 0 Å². The number of hydrogen-bond acceptors (Lipinski definition) is 3. The van der Waals surface area contributed by atoms with E-state index in [9.17, 15) is 0 Å². The number of benzene rings is 2. The Hall–Kier alpha value is -2.42. The minimum atomic E-state index is 0.311. The molecule has 3 heteroatoms. The van der Waals surface area contributed by atoms with E-state index in [1.807, 2.05) is 38.1 Å². The zero-order valence-electron chi connectivity index (χ0n) is 15.2. The summed E-state index contributed by atoms with van der Waals surface area (Å²) >= 11 is 0. The van der Waals surface area contributed by atoms with Crippen LogP contribution in [0, 0.1) is 0 Å². The van der Waals surface area contributed by atoms with Gasteiger partial charge in [0.2, 0.25) is 0 Å². The van der Waals surface area contributed by atoms with Crippen molar-refractivity contribution in [3.05, 3.63) is 59.2 Å². The molecule has 0 aromatic heterocycles. The van der Waals surface area contributed by atoms with Gasteiger partial charge >= 0.3 is 0 Å². The van der Waals surface area contributed by atoms with Crippen LogP contribution in [-0.2, 0) is 6.42 Å². The molecule has 0 saturated heterocycles. The smallest absolute Gasteiger partial charge is 0.120 e. The lowest BCUT2D eigenvalue weighted by Gasteiger charge is -2.26. The minimum Gasteiger partial charge on any atom is -0.497 e. The minimum absolute atomic E-state index is 0.311. The molecule has 1 atom stereocenters. The lowest BCUT2D eigenvalue weighted by molar-refractivity contribution is 0.414. The molecule has 24 heavy (non-hydrogen) atoms. The molecule has 1 aliphatic rings. The Balaban J connectivity index is 0.00000100. The number of ether oxygens (including phenoxy) is 2. The fraction of sp³-hybridized carbons (Fsp3) is 0.333. The molecule has 0 fully saturated rings. The number of nitrogens with two attached hydrogens (primary N) is 1. The monoisotopic (exact) mass is 325 g/mol. The van der Waals surface area contributed by atoms with Gasteiger partial charge in [0.15, 0.2) is 0 Å². The average Bonchev–Trinajstić information content (AvgIpc) is 2.63. The maximum Gasteiger partial charge on any atom is 0.120 e. The lowest BCUT2D eigenvalue weighted by Crippen LogP contribution is -2.09. The predicted octanol–water partition coefficient (Wildman–Crippen LogP) is 5.06. The molecular weight excluding hydrogens is 298 g/mol. The topological polar surface area (TPSA) is 44.5 Å². The highest BCUT2D eigenvalue weighted by molar-refractivity contribution is 5.81. The molecule has 0 aliphatic heterocycles. The van der Waals surface area contributed by atoms with Crippen LogP contribution in [0.25, 0.3) is 5.57 Å². The molecule has 2 aromatic carbocycles. The number of methoxy groups -OCH3 is 2. The molecule has 3 rings (SSSR count). The normalized spacial score (nSPS) is 15.5. The Morgan fingerprint density at radius 1 is 0.958 bits per heavy atom. The van der Waals surface area contributed by atoms with Gasteiger partial charge in [-0.1, -0.05) is 32.9 Å². The number of hydrogen-bond donors (Lipinski definition) is 1. The van der Waals surface area contributed by atoms with Gasteiger partial charge in [0.1, 0.15) is 11.5 Å². The second-order valence-electron chi connectivity index (χ2n) is 5.60. The highest BCUT2D eigenvalue weighted by atomic mass is 16.5. The highest BCUT2D eigenvalue weighted by Gasteiger charge is 2.22. The molecule has 2 N–H and O–H groups in total. The molecule has 1 unspecified atom stereocenters. The van der Waals surface area contributed by atoms with Crippen molar-refractivity contribution >= 4 is 11.3 Å². The number of nitrogen functional groups attached to an aromatic ring is 1. The number of allylic oxidation sites excluding steroid dienone is 2. The van der Waals surface area contributed by atoms with Crippen molar-refractivity contribution in [3.63, 3.8) is 0 Å². The van der Waals surface area contributed by atoms with E-state index in [0.717, 1.165) is 29.2 Å². The van der Waals surface area contributed by atoms with Gasteiger partial charge in [-0.3, -0.25) is 0 Å². The van der Waals surface area contributed by atoms with E-state index in [0.29, 0.717) is 5.92 Å². The summed E-state index contributed by atoms with van der Waals surface area (Å²) in [5.41, 5.74) is 12.0. The summed E-state index contributed by atoms with van der Waals surface area (Å²) in [6, 6.07) is 12.2. The maximum atomic E-state index is 6.21. The second-order valence-corrected chi connectivity index (χ2v) is 5.60. The Morgan fingerprint density at radius 2 is 1.58 bits per heavy atom. The average molecular weight is 325 g/mol. The summed E-state index contributed by atoms with van der Waals surface area (Å²) in [5, 5.41) is 0. The highest BCUT2D eigenvalue weighted by Crippen LogP contribution is 2.41. The van der Waals surface area contributed by atoms with Crippen LogP contribution in [0.15, 0.2) is 42.5 Å². The zero-order valence-corrected chi connectivity index (χ0v) is 15.2. The molecule has 0 amide bonds. The van der Waals surface area contributed by atoms with Crippen LogP contribution >= 0.6 is 0 Å². The van der Waals surface area contributed by atoms with Crippen molar-refractivity contribution in [2.24, 2.45) is 0 Å².